The summed E-state index contributed by atoms with van der Waals surface area (Å²) in [7, 11) is 0. The van der Waals surface area contributed by atoms with Crippen LogP contribution in [0.15, 0.2) is 36.5 Å². The molecule has 4 heterocycles. The molecule has 39 heavy (non-hydrogen) atoms. The van der Waals surface area contributed by atoms with Crippen molar-refractivity contribution in [3.05, 3.63) is 64.7 Å². The fraction of sp³-hybridized carbons (Fsp3) is 0.536. The van der Waals surface area contributed by atoms with E-state index in [2.05, 4.69) is 9.88 Å². The number of piperidine rings is 1. The number of hydrogen-bond acceptors (Lipinski definition) is 5. The van der Waals surface area contributed by atoms with Gasteiger partial charge in [0.25, 0.3) is 5.91 Å². The topological polar surface area (TPSA) is 83.0 Å². The number of carbonyl (C=O) groups is 2. The summed E-state index contributed by atoms with van der Waals surface area (Å²) in [6.45, 7) is 3.34. The van der Waals surface area contributed by atoms with E-state index in [4.69, 9.17) is 4.74 Å². The Labute approximate surface area is 223 Å². The van der Waals surface area contributed by atoms with Crippen molar-refractivity contribution < 1.29 is 37.0 Å². The highest BCUT2D eigenvalue weighted by atomic mass is 19.4. The number of rotatable bonds is 4. The van der Waals surface area contributed by atoms with Gasteiger partial charge in [-0.1, -0.05) is 12.1 Å². The van der Waals surface area contributed by atoms with Gasteiger partial charge in [0.05, 0.1) is 18.1 Å². The quantitative estimate of drug-likeness (QED) is 0.575. The molecule has 2 saturated heterocycles. The van der Waals surface area contributed by atoms with Gasteiger partial charge in [-0.05, 0) is 68.0 Å². The number of halogens is 4. The third-order valence-electron chi connectivity index (χ3n) is 8.43. The molecule has 1 aromatic heterocycles. The number of ether oxygens (including phenoxy) is 1. The monoisotopic (exact) mass is 549 g/mol. The Morgan fingerprint density at radius 2 is 1.90 bits per heavy atom. The minimum absolute atomic E-state index is 0.0463. The number of fused-ring (bicyclic) bond motifs is 1. The van der Waals surface area contributed by atoms with Crippen LogP contribution in [0, 0.1) is 11.7 Å². The third-order valence-corrected chi connectivity index (χ3v) is 8.43. The molecule has 210 valence electrons. The number of hydrogen-bond donors (Lipinski definition) is 1. The zero-order valence-electron chi connectivity index (χ0n) is 21.6. The van der Waals surface area contributed by atoms with E-state index in [-0.39, 0.29) is 36.8 Å². The second kappa shape index (κ2) is 10.5. The molecular weight excluding hydrogens is 518 g/mol. The lowest BCUT2D eigenvalue weighted by Gasteiger charge is -2.46. The lowest BCUT2D eigenvalue weighted by atomic mass is 9.79. The SMILES string of the molecule is C[C@]1(C(=O)N2CCc3ncc(C(F)(F)F)cc3C2)CC[C@@H](N2CC[C@@H](c3ccc(F)cc3)[C@H](C(=O)O)C2)CO1. The Balaban J connectivity index is 1.21. The number of aliphatic carboxylic acids is 1. The Hall–Kier alpha value is -3.05. The normalized spacial score (nSPS) is 28.1. The maximum absolute atomic E-state index is 13.5. The molecule has 0 aliphatic carbocycles. The molecule has 1 N–H and O–H groups in total. The first-order chi connectivity index (χ1) is 18.4. The van der Waals surface area contributed by atoms with Crippen LogP contribution < -0.4 is 0 Å². The molecule has 0 saturated carbocycles. The fourth-order valence-electron chi connectivity index (χ4n) is 6.09. The summed E-state index contributed by atoms with van der Waals surface area (Å²) in [4.78, 5) is 33.2. The zero-order chi connectivity index (χ0) is 27.9. The Bertz CT molecular complexity index is 1230. The molecule has 11 heteroatoms. The van der Waals surface area contributed by atoms with Crippen molar-refractivity contribution in [3.63, 3.8) is 0 Å². The molecule has 1 amide bonds. The zero-order valence-corrected chi connectivity index (χ0v) is 21.6. The maximum Gasteiger partial charge on any atom is 0.417 e. The molecule has 0 spiro atoms. The number of nitrogens with zero attached hydrogens (tertiary/aromatic N) is 3. The molecule has 3 aliphatic rings. The van der Waals surface area contributed by atoms with E-state index in [0.29, 0.717) is 56.6 Å². The Morgan fingerprint density at radius 1 is 1.15 bits per heavy atom. The van der Waals surface area contributed by atoms with Crippen LogP contribution in [-0.2, 0) is 33.5 Å². The van der Waals surface area contributed by atoms with Crippen molar-refractivity contribution in [2.24, 2.45) is 5.92 Å². The van der Waals surface area contributed by atoms with Gasteiger partial charge in [0, 0.05) is 44.0 Å². The first kappa shape index (κ1) is 27.5. The Morgan fingerprint density at radius 3 is 2.54 bits per heavy atom. The average molecular weight is 550 g/mol. The van der Waals surface area contributed by atoms with Crippen molar-refractivity contribution >= 4 is 11.9 Å². The van der Waals surface area contributed by atoms with Gasteiger partial charge in [0.15, 0.2) is 0 Å². The predicted octanol–water partition coefficient (Wildman–Crippen LogP) is 4.25. The van der Waals surface area contributed by atoms with Crippen LogP contribution in [0.4, 0.5) is 17.6 Å². The molecule has 2 fully saturated rings. The summed E-state index contributed by atoms with van der Waals surface area (Å²) in [6.07, 6.45) is -1.65. The van der Waals surface area contributed by atoms with Crippen molar-refractivity contribution in [1.29, 1.82) is 0 Å². The smallest absolute Gasteiger partial charge is 0.417 e. The van der Waals surface area contributed by atoms with E-state index in [1.165, 1.54) is 12.1 Å². The second-order valence-electron chi connectivity index (χ2n) is 10.9. The molecule has 0 radical (unpaired) electrons. The van der Waals surface area contributed by atoms with E-state index in [1.807, 2.05) is 0 Å². The molecule has 0 unspecified atom stereocenters. The number of benzene rings is 1. The maximum atomic E-state index is 13.5. The molecule has 4 atom stereocenters. The second-order valence-corrected chi connectivity index (χ2v) is 10.9. The standard InChI is InChI=1S/C28H31F4N3O4/c1-27(26(38)35-11-8-24-18(14-35)12-19(13-33-24)28(30,31)32)9-6-21(16-39-27)34-10-7-22(23(15-34)25(36)37)17-2-4-20(29)5-3-17/h2-5,12-13,21-23H,6-11,14-16H2,1H3,(H,36,37)/t21-,22+,23-,27-/m1/s1. The lowest BCUT2D eigenvalue weighted by Crippen LogP contribution is -2.57. The number of amides is 1. The first-order valence-electron chi connectivity index (χ1n) is 13.2. The van der Waals surface area contributed by atoms with Gasteiger partial charge >= 0.3 is 12.1 Å². The summed E-state index contributed by atoms with van der Waals surface area (Å²) in [5.74, 6) is -2.40. The molecule has 7 nitrogen and oxygen atoms in total. The summed E-state index contributed by atoms with van der Waals surface area (Å²) in [6, 6.07) is 7.00. The van der Waals surface area contributed by atoms with Gasteiger partial charge in [-0.2, -0.15) is 13.2 Å². The largest absolute Gasteiger partial charge is 0.481 e. The number of carboxylic acid groups (broad SMARTS) is 1. The van der Waals surface area contributed by atoms with Gasteiger partial charge in [-0.3, -0.25) is 19.5 Å². The van der Waals surface area contributed by atoms with Crippen LogP contribution in [0.3, 0.4) is 0 Å². The van der Waals surface area contributed by atoms with Gasteiger partial charge in [0.1, 0.15) is 11.4 Å². The van der Waals surface area contributed by atoms with E-state index in [1.54, 1.807) is 24.0 Å². The number of likely N-dealkylation sites (tertiary alicyclic amines) is 1. The van der Waals surface area contributed by atoms with Crippen LogP contribution in [0.5, 0.6) is 0 Å². The van der Waals surface area contributed by atoms with Gasteiger partial charge < -0.3 is 14.7 Å². The number of carbonyl (C=O) groups excluding carboxylic acids is 1. The number of aromatic nitrogens is 1. The van der Waals surface area contributed by atoms with Crippen molar-refractivity contribution in [1.82, 2.24) is 14.8 Å². The van der Waals surface area contributed by atoms with E-state index >= 15 is 0 Å². The Kier molecular flexibility index (Phi) is 7.41. The first-order valence-corrected chi connectivity index (χ1v) is 13.2. The van der Waals surface area contributed by atoms with Crippen molar-refractivity contribution in [2.75, 3.05) is 26.2 Å². The minimum Gasteiger partial charge on any atom is -0.481 e. The lowest BCUT2D eigenvalue weighted by molar-refractivity contribution is -0.169. The van der Waals surface area contributed by atoms with Crippen LogP contribution in [0.1, 0.15) is 54.5 Å². The van der Waals surface area contributed by atoms with Crippen LogP contribution >= 0.6 is 0 Å². The number of carboxylic acids is 1. The summed E-state index contributed by atoms with van der Waals surface area (Å²) in [5, 5.41) is 9.92. The third kappa shape index (κ3) is 5.65. The highest BCUT2D eigenvalue weighted by Gasteiger charge is 2.45. The van der Waals surface area contributed by atoms with E-state index in [9.17, 15) is 32.3 Å². The van der Waals surface area contributed by atoms with Gasteiger partial charge in [-0.15, -0.1) is 0 Å². The molecule has 5 rings (SSSR count). The number of alkyl halides is 3. The molecule has 2 aromatic rings. The molecular formula is C28H31F4N3O4. The summed E-state index contributed by atoms with van der Waals surface area (Å²) in [5.41, 5.74) is -0.172. The summed E-state index contributed by atoms with van der Waals surface area (Å²) < 4.78 is 58.9. The molecule has 0 bridgehead atoms. The van der Waals surface area contributed by atoms with Crippen molar-refractivity contribution in [3.8, 4) is 0 Å². The van der Waals surface area contributed by atoms with E-state index < -0.39 is 29.2 Å². The molecule has 3 aliphatic heterocycles. The fourth-order valence-corrected chi connectivity index (χ4v) is 6.09. The van der Waals surface area contributed by atoms with Crippen LogP contribution in [0.25, 0.3) is 0 Å². The van der Waals surface area contributed by atoms with Crippen LogP contribution in [-0.4, -0.2) is 69.7 Å². The van der Waals surface area contributed by atoms with E-state index in [0.717, 1.165) is 17.8 Å². The van der Waals surface area contributed by atoms with Gasteiger partial charge in [0.2, 0.25) is 0 Å². The average Bonchev–Trinajstić information content (AvgIpc) is 2.92. The van der Waals surface area contributed by atoms with Gasteiger partial charge in [-0.25, -0.2) is 4.39 Å². The number of pyridine rings is 1. The van der Waals surface area contributed by atoms with Crippen molar-refractivity contribution in [2.45, 2.75) is 62.9 Å². The highest BCUT2D eigenvalue weighted by Crippen LogP contribution is 2.37. The predicted molar refractivity (Wildman–Crippen MR) is 132 cm³/mol. The van der Waals surface area contributed by atoms with Crippen LogP contribution in [0.2, 0.25) is 0 Å². The summed E-state index contributed by atoms with van der Waals surface area (Å²) >= 11 is 0. The minimum atomic E-state index is -4.51. The molecule has 1 aromatic carbocycles. The highest BCUT2D eigenvalue weighted by molar-refractivity contribution is 5.85.